The van der Waals surface area contributed by atoms with Crippen LogP contribution in [0.15, 0.2) is 30.6 Å². The van der Waals surface area contributed by atoms with Crippen molar-refractivity contribution in [2.75, 3.05) is 37.7 Å². The normalized spacial score (nSPS) is 19.0. The van der Waals surface area contributed by atoms with Crippen molar-refractivity contribution >= 4 is 22.6 Å². The zero-order chi connectivity index (χ0) is 20.8. The summed E-state index contributed by atoms with van der Waals surface area (Å²) in [6.45, 7) is 4.94. The molecule has 0 bridgehead atoms. The number of piperazine rings is 1. The maximum Gasteiger partial charge on any atom is 0.274 e. The minimum Gasteiger partial charge on any atom is -0.376 e. The Bertz CT molecular complexity index is 1130. The number of ether oxygens (including phenoxy) is 1. The Labute approximate surface area is 180 Å². The van der Waals surface area contributed by atoms with Crippen LogP contribution in [0.2, 0.25) is 0 Å². The molecule has 1 amide bonds. The Hall–Kier alpha value is -3.00. The number of rotatable bonds is 4. The van der Waals surface area contributed by atoms with Gasteiger partial charge in [0.1, 0.15) is 12.1 Å². The number of carbonyl (C=O) groups excluding carboxylic acids is 1. The molecule has 3 aliphatic rings. The zero-order valence-electron chi connectivity index (χ0n) is 17.5. The quantitative estimate of drug-likeness (QED) is 0.647. The third kappa shape index (κ3) is 3.44. The second kappa shape index (κ2) is 7.60. The number of anilines is 1. The largest absolute Gasteiger partial charge is 0.376 e. The van der Waals surface area contributed by atoms with Crippen LogP contribution in [0.1, 0.15) is 34.6 Å². The van der Waals surface area contributed by atoms with E-state index in [4.69, 9.17) is 9.84 Å². The minimum atomic E-state index is 0.0310. The molecule has 4 heterocycles. The molecule has 6 rings (SSSR count). The van der Waals surface area contributed by atoms with Gasteiger partial charge in [-0.25, -0.2) is 9.97 Å². The molecule has 31 heavy (non-hydrogen) atoms. The molecular weight excluding hydrogens is 392 g/mol. The van der Waals surface area contributed by atoms with Crippen molar-refractivity contribution in [2.45, 2.75) is 32.4 Å². The number of amides is 1. The van der Waals surface area contributed by atoms with Crippen LogP contribution in [-0.4, -0.2) is 63.3 Å². The molecular formula is C23H26N6O2. The SMILES string of the molecule is O=C(c1nn(CC2CC2)c2c1COCC2)N1CCN(c2ncnc3ccccc23)CC1. The van der Waals surface area contributed by atoms with Crippen LogP contribution < -0.4 is 4.90 Å². The topological polar surface area (TPSA) is 76.4 Å². The van der Waals surface area contributed by atoms with Crippen LogP contribution in [-0.2, 0) is 24.3 Å². The van der Waals surface area contributed by atoms with Crippen molar-refractivity contribution in [3.8, 4) is 0 Å². The Morgan fingerprint density at radius 1 is 1.10 bits per heavy atom. The molecule has 0 radical (unpaired) electrons. The number of nitrogens with zero attached hydrogens (tertiary/aromatic N) is 6. The highest BCUT2D eigenvalue weighted by Gasteiger charge is 2.32. The van der Waals surface area contributed by atoms with E-state index in [1.807, 2.05) is 23.1 Å². The fourth-order valence-corrected chi connectivity index (χ4v) is 4.69. The number of hydrogen-bond acceptors (Lipinski definition) is 6. The third-order valence-electron chi connectivity index (χ3n) is 6.61. The Morgan fingerprint density at radius 2 is 1.94 bits per heavy atom. The summed E-state index contributed by atoms with van der Waals surface area (Å²) < 4.78 is 7.77. The van der Waals surface area contributed by atoms with Crippen LogP contribution in [0.25, 0.3) is 10.9 Å². The molecule has 2 fully saturated rings. The molecule has 0 unspecified atom stereocenters. The van der Waals surface area contributed by atoms with E-state index in [1.54, 1.807) is 6.33 Å². The summed E-state index contributed by atoms with van der Waals surface area (Å²) in [7, 11) is 0. The van der Waals surface area contributed by atoms with Gasteiger partial charge in [-0.1, -0.05) is 12.1 Å². The average Bonchev–Trinajstić information content (AvgIpc) is 3.58. The van der Waals surface area contributed by atoms with Gasteiger partial charge in [0.15, 0.2) is 5.69 Å². The third-order valence-corrected chi connectivity index (χ3v) is 6.61. The van der Waals surface area contributed by atoms with E-state index >= 15 is 0 Å². The maximum absolute atomic E-state index is 13.4. The predicted molar refractivity (Wildman–Crippen MR) is 116 cm³/mol. The summed E-state index contributed by atoms with van der Waals surface area (Å²) in [6, 6.07) is 8.06. The van der Waals surface area contributed by atoms with Crippen molar-refractivity contribution in [3.63, 3.8) is 0 Å². The highest BCUT2D eigenvalue weighted by Crippen LogP contribution is 2.32. The maximum atomic E-state index is 13.4. The van der Waals surface area contributed by atoms with E-state index in [1.165, 1.54) is 18.5 Å². The summed E-state index contributed by atoms with van der Waals surface area (Å²) in [5, 5.41) is 5.83. The summed E-state index contributed by atoms with van der Waals surface area (Å²) >= 11 is 0. The number of benzene rings is 1. The van der Waals surface area contributed by atoms with Gasteiger partial charge in [-0.05, 0) is 30.9 Å². The van der Waals surface area contributed by atoms with E-state index < -0.39 is 0 Å². The first-order valence-corrected chi connectivity index (χ1v) is 11.2. The summed E-state index contributed by atoms with van der Waals surface area (Å²) in [4.78, 5) is 26.5. The van der Waals surface area contributed by atoms with Gasteiger partial charge in [0.2, 0.25) is 0 Å². The molecule has 160 valence electrons. The van der Waals surface area contributed by atoms with Gasteiger partial charge in [0, 0.05) is 55.8 Å². The minimum absolute atomic E-state index is 0.0310. The molecule has 2 aromatic heterocycles. The van der Waals surface area contributed by atoms with Crippen LogP contribution >= 0.6 is 0 Å². The van der Waals surface area contributed by atoms with Gasteiger partial charge in [-0.15, -0.1) is 0 Å². The van der Waals surface area contributed by atoms with Crippen LogP contribution in [0, 0.1) is 5.92 Å². The molecule has 3 aromatic rings. The number of aromatic nitrogens is 4. The lowest BCUT2D eigenvalue weighted by Crippen LogP contribution is -2.49. The summed E-state index contributed by atoms with van der Waals surface area (Å²) in [6.07, 6.45) is 5.01. The number of carbonyl (C=O) groups is 1. The van der Waals surface area contributed by atoms with Gasteiger partial charge in [0.05, 0.1) is 18.7 Å². The van der Waals surface area contributed by atoms with E-state index in [0.717, 1.165) is 54.3 Å². The molecule has 1 saturated heterocycles. The molecule has 8 heteroatoms. The van der Waals surface area contributed by atoms with Gasteiger partial charge in [-0.2, -0.15) is 5.10 Å². The fraction of sp³-hybridized carbons (Fsp3) is 0.478. The Balaban J connectivity index is 1.21. The second-order valence-corrected chi connectivity index (χ2v) is 8.70. The van der Waals surface area contributed by atoms with Gasteiger partial charge >= 0.3 is 0 Å². The summed E-state index contributed by atoms with van der Waals surface area (Å²) in [5.41, 5.74) is 3.74. The highest BCUT2D eigenvalue weighted by molar-refractivity contribution is 5.94. The van der Waals surface area contributed by atoms with Crippen molar-refractivity contribution in [1.82, 2.24) is 24.6 Å². The van der Waals surface area contributed by atoms with E-state index in [9.17, 15) is 4.79 Å². The number of hydrogen-bond donors (Lipinski definition) is 0. The van der Waals surface area contributed by atoms with Crippen molar-refractivity contribution in [3.05, 3.63) is 47.5 Å². The zero-order valence-corrected chi connectivity index (χ0v) is 17.5. The van der Waals surface area contributed by atoms with Gasteiger partial charge in [-0.3, -0.25) is 9.48 Å². The molecule has 0 N–H and O–H groups in total. The van der Waals surface area contributed by atoms with E-state index in [-0.39, 0.29) is 5.91 Å². The van der Waals surface area contributed by atoms with Crippen LogP contribution in [0.4, 0.5) is 5.82 Å². The van der Waals surface area contributed by atoms with Gasteiger partial charge in [0.25, 0.3) is 5.91 Å². The fourth-order valence-electron chi connectivity index (χ4n) is 4.69. The first-order chi connectivity index (χ1) is 15.3. The first kappa shape index (κ1) is 18.7. The van der Waals surface area contributed by atoms with Crippen molar-refractivity contribution < 1.29 is 9.53 Å². The molecule has 8 nitrogen and oxygen atoms in total. The predicted octanol–water partition coefficient (Wildman–Crippen LogP) is 2.27. The van der Waals surface area contributed by atoms with Crippen LogP contribution in [0.3, 0.4) is 0 Å². The van der Waals surface area contributed by atoms with E-state index in [0.29, 0.717) is 32.0 Å². The Kier molecular flexibility index (Phi) is 4.60. The second-order valence-electron chi connectivity index (χ2n) is 8.70. The highest BCUT2D eigenvalue weighted by atomic mass is 16.5. The van der Waals surface area contributed by atoms with Crippen molar-refractivity contribution in [1.29, 1.82) is 0 Å². The summed E-state index contributed by atoms with van der Waals surface area (Å²) in [5.74, 6) is 1.70. The molecule has 1 saturated carbocycles. The number of para-hydroxylation sites is 1. The van der Waals surface area contributed by atoms with Crippen LogP contribution in [0.5, 0.6) is 0 Å². The monoisotopic (exact) mass is 418 g/mol. The lowest BCUT2D eigenvalue weighted by Gasteiger charge is -2.35. The lowest BCUT2D eigenvalue weighted by molar-refractivity contribution is 0.0727. The molecule has 0 spiro atoms. The van der Waals surface area contributed by atoms with Crippen molar-refractivity contribution in [2.24, 2.45) is 5.92 Å². The Morgan fingerprint density at radius 3 is 2.77 bits per heavy atom. The standard InChI is InChI=1S/C23H26N6O2/c30-23(21-18-14-31-12-7-20(18)29(26-21)13-16-5-6-16)28-10-8-27(9-11-28)22-17-3-1-2-4-19(17)24-15-25-22/h1-4,15-16H,5-14H2. The number of fused-ring (bicyclic) bond motifs is 2. The smallest absolute Gasteiger partial charge is 0.274 e. The van der Waals surface area contributed by atoms with Gasteiger partial charge < -0.3 is 14.5 Å². The molecule has 2 aliphatic heterocycles. The molecule has 1 aromatic carbocycles. The average molecular weight is 419 g/mol. The molecule has 1 aliphatic carbocycles. The first-order valence-electron chi connectivity index (χ1n) is 11.2. The lowest BCUT2D eigenvalue weighted by atomic mass is 10.1. The molecule has 0 atom stereocenters. The van der Waals surface area contributed by atoms with E-state index in [2.05, 4.69) is 25.6 Å².